The zero-order valence-electron chi connectivity index (χ0n) is 9.46. The molecule has 1 aromatic carbocycles. The van der Waals surface area contributed by atoms with Crippen LogP contribution >= 0.6 is 27.7 Å². The minimum Gasteiger partial charge on any atom is -0.496 e. The van der Waals surface area contributed by atoms with E-state index in [2.05, 4.69) is 15.9 Å². The molecule has 0 spiro atoms. The van der Waals surface area contributed by atoms with Gasteiger partial charge in [-0.1, -0.05) is 15.9 Å². The molecule has 86 valence electrons. The number of thioether (sulfide) groups is 1. The Morgan fingerprint density at radius 1 is 1.44 bits per heavy atom. The molecular formula is C12H13BrO2S. The molecule has 0 bridgehead atoms. The Bertz CT molecular complexity index is 455. The van der Waals surface area contributed by atoms with Crippen LogP contribution < -0.4 is 4.74 Å². The van der Waals surface area contributed by atoms with Crippen molar-refractivity contribution in [1.29, 1.82) is 0 Å². The van der Waals surface area contributed by atoms with Gasteiger partial charge in [0, 0.05) is 21.4 Å². The van der Waals surface area contributed by atoms with Gasteiger partial charge in [0.1, 0.15) is 5.75 Å². The van der Waals surface area contributed by atoms with E-state index in [1.54, 1.807) is 18.9 Å². The van der Waals surface area contributed by atoms with E-state index in [0.717, 1.165) is 27.1 Å². The zero-order valence-corrected chi connectivity index (χ0v) is 11.9. The molecule has 16 heavy (non-hydrogen) atoms. The van der Waals surface area contributed by atoms with Gasteiger partial charge in [0.05, 0.1) is 11.9 Å². The summed E-state index contributed by atoms with van der Waals surface area (Å²) in [5.41, 5.74) is 1.79. The lowest BCUT2D eigenvalue weighted by Crippen LogP contribution is -2.32. The van der Waals surface area contributed by atoms with Crippen molar-refractivity contribution >= 4 is 33.5 Å². The lowest BCUT2D eigenvalue weighted by Gasteiger charge is -2.30. The normalized spacial score (nSPS) is 18.1. The average molecular weight is 301 g/mol. The third-order valence-electron chi connectivity index (χ3n) is 2.79. The third-order valence-corrected chi connectivity index (χ3v) is 4.79. The van der Waals surface area contributed by atoms with Crippen molar-refractivity contribution in [2.24, 2.45) is 0 Å². The summed E-state index contributed by atoms with van der Waals surface area (Å²) in [6, 6.07) is 3.77. The summed E-state index contributed by atoms with van der Waals surface area (Å²) in [7, 11) is 1.64. The average Bonchev–Trinajstić information content (AvgIpc) is 2.24. The number of hydrogen-bond donors (Lipinski definition) is 0. The van der Waals surface area contributed by atoms with E-state index in [0.29, 0.717) is 0 Å². The second kappa shape index (κ2) is 4.08. The molecule has 0 unspecified atom stereocenters. The fraction of sp³-hybridized carbons (Fsp3) is 0.417. The number of rotatable bonds is 1. The molecule has 1 aliphatic rings. The van der Waals surface area contributed by atoms with Crippen molar-refractivity contribution in [2.45, 2.75) is 24.3 Å². The van der Waals surface area contributed by atoms with Crippen LogP contribution in [0.4, 0.5) is 0 Å². The minimum absolute atomic E-state index is 0.171. The molecule has 1 aliphatic heterocycles. The number of carbonyl (C=O) groups excluding carboxylic acids is 1. The Hall–Kier alpha value is -0.480. The van der Waals surface area contributed by atoms with E-state index in [-0.39, 0.29) is 10.5 Å². The molecule has 4 heteroatoms. The molecule has 1 heterocycles. The van der Waals surface area contributed by atoms with Crippen LogP contribution in [-0.2, 0) is 5.75 Å². The van der Waals surface area contributed by atoms with Gasteiger partial charge in [-0.3, -0.25) is 4.79 Å². The van der Waals surface area contributed by atoms with E-state index in [9.17, 15) is 4.79 Å². The van der Waals surface area contributed by atoms with Crippen LogP contribution in [0.25, 0.3) is 0 Å². The van der Waals surface area contributed by atoms with Gasteiger partial charge in [0.15, 0.2) is 5.78 Å². The smallest absolute Gasteiger partial charge is 0.179 e. The molecular weight excluding hydrogens is 288 g/mol. The van der Waals surface area contributed by atoms with Crippen molar-refractivity contribution in [3.8, 4) is 5.75 Å². The first-order valence-electron chi connectivity index (χ1n) is 5.01. The summed E-state index contributed by atoms with van der Waals surface area (Å²) in [5, 5.41) is 0. The Morgan fingerprint density at radius 3 is 2.75 bits per heavy atom. The number of methoxy groups -OCH3 is 1. The summed E-state index contributed by atoms with van der Waals surface area (Å²) < 4.78 is 5.82. The van der Waals surface area contributed by atoms with Crippen molar-refractivity contribution in [3.05, 3.63) is 27.7 Å². The molecule has 0 amide bonds. The second-order valence-electron chi connectivity index (χ2n) is 4.23. The number of benzene rings is 1. The summed E-state index contributed by atoms with van der Waals surface area (Å²) in [5.74, 6) is 1.79. The third kappa shape index (κ3) is 1.78. The molecule has 2 rings (SSSR count). The highest BCUT2D eigenvalue weighted by atomic mass is 79.9. The van der Waals surface area contributed by atoms with E-state index in [4.69, 9.17) is 4.74 Å². The van der Waals surface area contributed by atoms with Gasteiger partial charge < -0.3 is 4.74 Å². The van der Waals surface area contributed by atoms with Crippen LogP contribution in [0.5, 0.6) is 5.75 Å². The SMILES string of the molecule is COc1ccc(Br)c2c1CSC(C)(C)C2=O. The highest BCUT2D eigenvalue weighted by Gasteiger charge is 2.37. The van der Waals surface area contributed by atoms with Gasteiger partial charge in [-0.05, 0) is 26.0 Å². The van der Waals surface area contributed by atoms with Crippen LogP contribution in [0, 0.1) is 0 Å². The van der Waals surface area contributed by atoms with Gasteiger partial charge >= 0.3 is 0 Å². The maximum Gasteiger partial charge on any atom is 0.179 e. The predicted octanol–water partition coefficient (Wildman–Crippen LogP) is 3.67. The van der Waals surface area contributed by atoms with Crippen LogP contribution in [-0.4, -0.2) is 17.6 Å². The van der Waals surface area contributed by atoms with Crippen LogP contribution in [0.2, 0.25) is 0 Å². The topological polar surface area (TPSA) is 26.3 Å². The maximum atomic E-state index is 12.3. The predicted molar refractivity (Wildman–Crippen MR) is 70.4 cm³/mol. The summed E-state index contributed by atoms with van der Waals surface area (Å²) in [6.45, 7) is 3.93. The molecule has 2 nitrogen and oxygen atoms in total. The number of hydrogen-bond acceptors (Lipinski definition) is 3. The van der Waals surface area contributed by atoms with Crippen LogP contribution in [0.1, 0.15) is 29.8 Å². The van der Waals surface area contributed by atoms with Crippen molar-refractivity contribution in [1.82, 2.24) is 0 Å². The Labute approximate surface area is 108 Å². The first-order chi connectivity index (χ1) is 7.47. The lowest BCUT2D eigenvalue weighted by atomic mass is 9.95. The lowest BCUT2D eigenvalue weighted by molar-refractivity contribution is 0.0954. The van der Waals surface area contributed by atoms with Gasteiger partial charge in [-0.2, -0.15) is 0 Å². The van der Waals surface area contributed by atoms with E-state index in [1.807, 2.05) is 26.0 Å². The quantitative estimate of drug-likeness (QED) is 0.792. The molecule has 0 aliphatic carbocycles. The molecule has 0 radical (unpaired) electrons. The molecule has 0 aromatic heterocycles. The fourth-order valence-corrected chi connectivity index (χ4v) is 3.38. The number of halogens is 1. The molecule has 0 atom stereocenters. The second-order valence-corrected chi connectivity index (χ2v) is 6.68. The van der Waals surface area contributed by atoms with Gasteiger partial charge in [-0.15, -0.1) is 11.8 Å². The Kier molecular flexibility index (Phi) is 3.05. The standard InChI is InChI=1S/C12H13BrO2S/c1-12(2)11(14)10-7(6-16-12)9(15-3)5-4-8(10)13/h4-5H,6H2,1-3H3. The number of ketones is 1. The minimum atomic E-state index is -0.345. The monoisotopic (exact) mass is 300 g/mol. The van der Waals surface area contributed by atoms with E-state index < -0.39 is 0 Å². The fourth-order valence-electron chi connectivity index (χ4n) is 1.80. The number of Topliss-reactive ketones (excluding diaryl/α,β-unsaturated/α-hetero) is 1. The van der Waals surface area contributed by atoms with Crippen molar-refractivity contribution < 1.29 is 9.53 Å². The molecule has 0 saturated heterocycles. The van der Waals surface area contributed by atoms with E-state index >= 15 is 0 Å². The first kappa shape index (κ1) is 12.0. The Balaban J connectivity index is 2.64. The Morgan fingerprint density at radius 2 is 2.12 bits per heavy atom. The summed E-state index contributed by atoms with van der Waals surface area (Å²) >= 11 is 5.11. The van der Waals surface area contributed by atoms with Crippen molar-refractivity contribution in [2.75, 3.05) is 7.11 Å². The largest absolute Gasteiger partial charge is 0.496 e. The van der Waals surface area contributed by atoms with Crippen LogP contribution in [0.3, 0.4) is 0 Å². The number of fused-ring (bicyclic) bond motifs is 1. The van der Waals surface area contributed by atoms with Crippen LogP contribution in [0.15, 0.2) is 16.6 Å². The molecule has 0 N–H and O–H groups in total. The number of carbonyl (C=O) groups is 1. The highest BCUT2D eigenvalue weighted by molar-refractivity contribution is 9.10. The zero-order chi connectivity index (χ0) is 11.9. The van der Waals surface area contributed by atoms with Crippen molar-refractivity contribution in [3.63, 3.8) is 0 Å². The number of ether oxygens (including phenoxy) is 1. The maximum absolute atomic E-state index is 12.3. The van der Waals surface area contributed by atoms with Gasteiger partial charge in [0.2, 0.25) is 0 Å². The highest BCUT2D eigenvalue weighted by Crippen LogP contribution is 2.43. The summed E-state index contributed by atoms with van der Waals surface area (Å²) in [4.78, 5) is 12.3. The molecule has 0 saturated carbocycles. The molecule has 0 fully saturated rings. The first-order valence-corrected chi connectivity index (χ1v) is 6.79. The van der Waals surface area contributed by atoms with Gasteiger partial charge in [-0.25, -0.2) is 0 Å². The summed E-state index contributed by atoms with van der Waals surface area (Å²) in [6.07, 6.45) is 0. The van der Waals surface area contributed by atoms with Gasteiger partial charge in [0.25, 0.3) is 0 Å². The molecule has 1 aromatic rings. The van der Waals surface area contributed by atoms with E-state index in [1.165, 1.54) is 0 Å².